The summed E-state index contributed by atoms with van der Waals surface area (Å²) in [5, 5.41) is 0. The van der Waals surface area contributed by atoms with Crippen molar-refractivity contribution in [3.63, 3.8) is 0 Å². The number of aromatic nitrogens is 1. The average Bonchev–Trinajstić information content (AvgIpc) is 2.38. The van der Waals surface area contributed by atoms with Crippen molar-refractivity contribution in [2.75, 3.05) is 0 Å². The Bertz CT molecular complexity index is 582. The maximum absolute atomic E-state index is 12.3. The van der Waals surface area contributed by atoms with Crippen molar-refractivity contribution >= 4 is 5.78 Å². The van der Waals surface area contributed by atoms with Crippen LogP contribution in [0.15, 0.2) is 48.5 Å². The Hall–Kier alpha value is -2.37. The van der Waals surface area contributed by atoms with Gasteiger partial charge in [-0.2, -0.15) is 13.2 Å². The highest BCUT2D eigenvalue weighted by atomic mass is 19.4. The molecule has 0 saturated heterocycles. The zero-order valence-corrected chi connectivity index (χ0v) is 9.52. The van der Waals surface area contributed by atoms with Crippen molar-refractivity contribution in [1.82, 2.24) is 4.98 Å². The minimum Gasteiger partial charge on any atom is -0.439 e. The van der Waals surface area contributed by atoms with E-state index in [0.717, 1.165) is 6.07 Å². The van der Waals surface area contributed by atoms with E-state index in [-0.39, 0.29) is 5.88 Å². The number of ketones is 1. The molecular weight excluding hydrogens is 259 g/mol. The first-order valence-corrected chi connectivity index (χ1v) is 5.28. The molecule has 0 fully saturated rings. The summed E-state index contributed by atoms with van der Waals surface area (Å²) in [6.07, 6.45) is -4.95. The molecule has 2 aromatic rings. The number of benzene rings is 1. The summed E-state index contributed by atoms with van der Waals surface area (Å²) < 4.78 is 42.0. The number of carbonyl (C=O) groups is 1. The molecule has 2 rings (SSSR count). The predicted octanol–water partition coefficient (Wildman–Crippen LogP) is 3.62. The molecule has 0 atom stereocenters. The second-order valence-electron chi connectivity index (χ2n) is 3.60. The Kier molecular flexibility index (Phi) is 3.50. The SMILES string of the molecule is O=C(c1cccc(Oc2ccccc2)n1)C(F)(F)F. The summed E-state index contributed by atoms with van der Waals surface area (Å²) in [7, 11) is 0. The van der Waals surface area contributed by atoms with Crippen molar-refractivity contribution < 1.29 is 22.7 Å². The van der Waals surface area contributed by atoms with E-state index < -0.39 is 17.7 Å². The number of rotatable bonds is 3. The van der Waals surface area contributed by atoms with Gasteiger partial charge in [-0.3, -0.25) is 4.79 Å². The third-order valence-corrected chi connectivity index (χ3v) is 2.18. The summed E-state index contributed by atoms with van der Waals surface area (Å²) in [4.78, 5) is 14.6. The van der Waals surface area contributed by atoms with Crippen LogP contribution in [0.4, 0.5) is 13.2 Å². The van der Waals surface area contributed by atoms with E-state index in [0.29, 0.717) is 5.75 Å². The van der Waals surface area contributed by atoms with E-state index in [9.17, 15) is 18.0 Å². The van der Waals surface area contributed by atoms with Crippen LogP contribution in [0.3, 0.4) is 0 Å². The second-order valence-corrected chi connectivity index (χ2v) is 3.60. The van der Waals surface area contributed by atoms with E-state index in [1.54, 1.807) is 30.3 Å². The molecule has 1 aromatic carbocycles. The summed E-state index contributed by atoms with van der Waals surface area (Å²) in [5.74, 6) is -1.64. The topological polar surface area (TPSA) is 39.2 Å². The fourth-order valence-corrected chi connectivity index (χ4v) is 1.35. The molecule has 0 N–H and O–H groups in total. The molecule has 0 amide bonds. The number of hydrogen-bond acceptors (Lipinski definition) is 3. The first kappa shape index (κ1) is 13.1. The molecule has 0 aliphatic rings. The Morgan fingerprint density at radius 1 is 1.00 bits per heavy atom. The molecule has 1 heterocycles. The molecule has 0 bridgehead atoms. The van der Waals surface area contributed by atoms with E-state index >= 15 is 0 Å². The van der Waals surface area contributed by atoms with Crippen LogP contribution in [0.25, 0.3) is 0 Å². The molecular formula is C13H8F3NO2. The molecule has 0 unspecified atom stereocenters. The fraction of sp³-hybridized carbons (Fsp3) is 0.0769. The van der Waals surface area contributed by atoms with Gasteiger partial charge in [-0.15, -0.1) is 0 Å². The first-order chi connectivity index (χ1) is 8.97. The number of alkyl halides is 3. The summed E-state index contributed by atoms with van der Waals surface area (Å²) >= 11 is 0. The van der Waals surface area contributed by atoms with E-state index in [4.69, 9.17) is 4.74 Å². The quantitative estimate of drug-likeness (QED) is 0.797. The van der Waals surface area contributed by atoms with Crippen molar-refractivity contribution in [2.24, 2.45) is 0 Å². The number of nitrogens with zero attached hydrogens (tertiary/aromatic N) is 1. The Morgan fingerprint density at radius 2 is 1.68 bits per heavy atom. The van der Waals surface area contributed by atoms with Crippen LogP contribution < -0.4 is 4.74 Å². The lowest BCUT2D eigenvalue weighted by atomic mass is 10.2. The summed E-state index contributed by atoms with van der Waals surface area (Å²) in [6, 6.07) is 12.1. The van der Waals surface area contributed by atoms with Gasteiger partial charge in [0.25, 0.3) is 5.78 Å². The largest absolute Gasteiger partial charge is 0.456 e. The zero-order valence-electron chi connectivity index (χ0n) is 9.52. The van der Waals surface area contributed by atoms with Gasteiger partial charge in [0.1, 0.15) is 11.4 Å². The Balaban J connectivity index is 2.23. The zero-order chi connectivity index (χ0) is 13.9. The molecule has 98 valence electrons. The van der Waals surface area contributed by atoms with Gasteiger partial charge in [-0.25, -0.2) is 4.98 Å². The molecule has 19 heavy (non-hydrogen) atoms. The highest BCUT2D eigenvalue weighted by Crippen LogP contribution is 2.23. The van der Waals surface area contributed by atoms with Gasteiger partial charge < -0.3 is 4.74 Å². The van der Waals surface area contributed by atoms with Crippen molar-refractivity contribution in [3.05, 3.63) is 54.2 Å². The number of ether oxygens (including phenoxy) is 1. The molecule has 1 aromatic heterocycles. The fourth-order valence-electron chi connectivity index (χ4n) is 1.35. The minimum atomic E-state index is -4.95. The number of pyridine rings is 1. The third kappa shape index (κ3) is 3.31. The third-order valence-electron chi connectivity index (χ3n) is 2.18. The molecule has 0 radical (unpaired) electrons. The van der Waals surface area contributed by atoms with E-state index in [1.165, 1.54) is 12.1 Å². The van der Waals surface area contributed by atoms with Crippen LogP contribution in [0.5, 0.6) is 11.6 Å². The Morgan fingerprint density at radius 3 is 2.32 bits per heavy atom. The van der Waals surface area contributed by atoms with Gasteiger partial charge in [0, 0.05) is 6.07 Å². The van der Waals surface area contributed by atoms with Crippen LogP contribution in [0, 0.1) is 0 Å². The second kappa shape index (κ2) is 5.09. The lowest BCUT2D eigenvalue weighted by molar-refractivity contribution is -0.0888. The minimum absolute atomic E-state index is 0.0682. The number of carbonyl (C=O) groups excluding carboxylic acids is 1. The summed E-state index contributed by atoms with van der Waals surface area (Å²) in [5.41, 5.74) is -0.694. The van der Waals surface area contributed by atoms with Gasteiger partial charge in [-0.05, 0) is 18.2 Å². The number of hydrogen-bond donors (Lipinski definition) is 0. The van der Waals surface area contributed by atoms with Gasteiger partial charge in [0.15, 0.2) is 0 Å². The summed E-state index contributed by atoms with van der Waals surface area (Å²) in [6.45, 7) is 0. The molecule has 0 spiro atoms. The van der Waals surface area contributed by atoms with Crippen LogP contribution in [-0.4, -0.2) is 16.9 Å². The molecule has 6 heteroatoms. The molecule has 0 aliphatic heterocycles. The molecule has 0 saturated carbocycles. The van der Waals surface area contributed by atoms with Crippen molar-refractivity contribution in [2.45, 2.75) is 6.18 Å². The highest BCUT2D eigenvalue weighted by molar-refractivity contribution is 5.98. The monoisotopic (exact) mass is 267 g/mol. The Labute approximate surface area is 106 Å². The molecule has 0 aliphatic carbocycles. The van der Waals surface area contributed by atoms with E-state index in [2.05, 4.69) is 4.98 Å². The number of halogens is 3. The normalized spacial score (nSPS) is 11.1. The number of Topliss-reactive ketones (excluding diaryl/α,β-unsaturated/α-hetero) is 1. The van der Waals surface area contributed by atoms with Gasteiger partial charge in [-0.1, -0.05) is 24.3 Å². The predicted molar refractivity (Wildman–Crippen MR) is 61.1 cm³/mol. The molecule has 3 nitrogen and oxygen atoms in total. The van der Waals surface area contributed by atoms with E-state index in [1.807, 2.05) is 0 Å². The smallest absolute Gasteiger partial charge is 0.439 e. The van der Waals surface area contributed by atoms with Crippen LogP contribution in [0.1, 0.15) is 10.5 Å². The van der Waals surface area contributed by atoms with Gasteiger partial charge in [0.2, 0.25) is 5.88 Å². The highest BCUT2D eigenvalue weighted by Gasteiger charge is 2.40. The standard InChI is InChI=1S/C13H8F3NO2/c14-13(15,16)12(18)10-7-4-8-11(17-10)19-9-5-2-1-3-6-9/h1-8H. The first-order valence-electron chi connectivity index (χ1n) is 5.28. The van der Waals surface area contributed by atoms with Crippen LogP contribution in [-0.2, 0) is 0 Å². The maximum Gasteiger partial charge on any atom is 0.456 e. The number of para-hydroxylation sites is 1. The van der Waals surface area contributed by atoms with Crippen LogP contribution in [0.2, 0.25) is 0 Å². The average molecular weight is 267 g/mol. The van der Waals surface area contributed by atoms with Gasteiger partial charge in [0.05, 0.1) is 0 Å². The lowest BCUT2D eigenvalue weighted by Gasteiger charge is -2.07. The van der Waals surface area contributed by atoms with Crippen LogP contribution >= 0.6 is 0 Å². The van der Waals surface area contributed by atoms with Gasteiger partial charge >= 0.3 is 6.18 Å². The van der Waals surface area contributed by atoms with Crippen molar-refractivity contribution in [1.29, 1.82) is 0 Å². The van der Waals surface area contributed by atoms with Crippen molar-refractivity contribution in [3.8, 4) is 11.6 Å². The maximum atomic E-state index is 12.3. The lowest BCUT2D eigenvalue weighted by Crippen LogP contribution is -2.23.